The molecule has 0 atom stereocenters. The molecule has 1 aliphatic carbocycles. The van der Waals surface area contributed by atoms with Crippen LogP contribution in [0, 0.1) is 5.92 Å². The predicted octanol–water partition coefficient (Wildman–Crippen LogP) is 5.66. The Morgan fingerprint density at radius 2 is 1.87 bits per heavy atom. The molecule has 1 aromatic heterocycles. The molecule has 0 radical (unpaired) electrons. The summed E-state index contributed by atoms with van der Waals surface area (Å²) in [7, 11) is 0. The highest BCUT2D eigenvalue weighted by Gasteiger charge is 2.25. The fraction of sp³-hybridized carbons (Fsp3) is 0.440. The number of nitrogens with one attached hydrogen (secondary N) is 1. The minimum absolute atomic E-state index is 0.189. The standard InChI is InChI=1S/C25H31N3O2/c1-4-17-10-12-20(13-11-17)28-16-19-14-23(21(25(2,3)30)15-22(19)27-28)26-24(29)18-8-6-5-7-9-18/h5-9,14-17,20,30H,4,10-13H2,1-3H3,(H,26,29). The number of hydrogen-bond acceptors (Lipinski definition) is 3. The van der Waals surface area contributed by atoms with Crippen LogP contribution in [0.5, 0.6) is 0 Å². The second kappa shape index (κ2) is 8.23. The van der Waals surface area contributed by atoms with Crippen LogP contribution in [0.25, 0.3) is 10.9 Å². The first-order valence-corrected chi connectivity index (χ1v) is 11.0. The van der Waals surface area contributed by atoms with E-state index in [1.807, 2.05) is 30.3 Å². The topological polar surface area (TPSA) is 67.2 Å². The summed E-state index contributed by atoms with van der Waals surface area (Å²) < 4.78 is 2.09. The molecule has 0 unspecified atom stereocenters. The van der Waals surface area contributed by atoms with Crippen molar-refractivity contribution in [3.63, 3.8) is 0 Å². The lowest BCUT2D eigenvalue weighted by molar-refractivity contribution is 0.0794. The first-order valence-electron chi connectivity index (χ1n) is 11.0. The Kier molecular flexibility index (Phi) is 5.65. The zero-order valence-corrected chi connectivity index (χ0v) is 18.1. The zero-order valence-electron chi connectivity index (χ0n) is 18.1. The number of hydrogen-bond donors (Lipinski definition) is 2. The lowest BCUT2D eigenvalue weighted by atomic mass is 9.85. The highest BCUT2D eigenvalue weighted by Crippen LogP contribution is 2.36. The van der Waals surface area contributed by atoms with Crippen molar-refractivity contribution >= 4 is 22.5 Å². The van der Waals surface area contributed by atoms with Crippen LogP contribution in [0.3, 0.4) is 0 Å². The molecule has 158 valence electrons. The third kappa shape index (κ3) is 4.26. The van der Waals surface area contributed by atoms with E-state index in [0.29, 0.717) is 22.9 Å². The maximum Gasteiger partial charge on any atom is 0.255 e. The van der Waals surface area contributed by atoms with Crippen LogP contribution in [0.1, 0.15) is 74.8 Å². The maximum atomic E-state index is 12.7. The van der Waals surface area contributed by atoms with E-state index in [1.54, 1.807) is 26.0 Å². The van der Waals surface area contributed by atoms with Crippen LogP contribution in [-0.2, 0) is 5.60 Å². The quantitative estimate of drug-likeness (QED) is 0.576. The fourth-order valence-electron chi connectivity index (χ4n) is 4.49. The van der Waals surface area contributed by atoms with Gasteiger partial charge in [-0.15, -0.1) is 0 Å². The minimum Gasteiger partial charge on any atom is -0.386 e. The highest BCUT2D eigenvalue weighted by molar-refractivity contribution is 6.05. The molecule has 1 fully saturated rings. The van der Waals surface area contributed by atoms with Gasteiger partial charge in [0.1, 0.15) is 0 Å². The summed E-state index contributed by atoms with van der Waals surface area (Å²) in [4.78, 5) is 12.7. The van der Waals surface area contributed by atoms with E-state index in [0.717, 1.165) is 29.7 Å². The van der Waals surface area contributed by atoms with Gasteiger partial charge in [0, 0.05) is 28.4 Å². The predicted molar refractivity (Wildman–Crippen MR) is 121 cm³/mol. The minimum atomic E-state index is -1.10. The number of aliphatic hydroxyl groups is 1. The Hall–Kier alpha value is -2.66. The Labute approximate surface area is 178 Å². The van der Waals surface area contributed by atoms with Gasteiger partial charge in [-0.2, -0.15) is 5.10 Å². The van der Waals surface area contributed by atoms with Crippen molar-refractivity contribution in [2.24, 2.45) is 5.92 Å². The normalized spacial score (nSPS) is 19.7. The summed E-state index contributed by atoms with van der Waals surface area (Å²) in [6.45, 7) is 5.74. The average Bonchev–Trinajstić information content (AvgIpc) is 3.16. The number of anilines is 1. The van der Waals surface area contributed by atoms with E-state index in [1.165, 1.54) is 19.3 Å². The SMILES string of the molecule is CCC1CCC(n2cc3cc(NC(=O)c4ccccc4)c(C(C)(C)O)cc3n2)CC1. The summed E-state index contributed by atoms with van der Waals surface area (Å²) >= 11 is 0. The van der Waals surface area contributed by atoms with Crippen molar-refractivity contribution in [3.05, 3.63) is 59.8 Å². The van der Waals surface area contributed by atoms with Crippen molar-refractivity contribution in [2.45, 2.75) is 64.5 Å². The van der Waals surface area contributed by atoms with E-state index in [2.05, 4.69) is 23.1 Å². The number of carbonyl (C=O) groups is 1. The molecule has 1 saturated carbocycles. The number of benzene rings is 2. The molecule has 1 amide bonds. The van der Waals surface area contributed by atoms with Crippen LogP contribution < -0.4 is 5.32 Å². The molecule has 3 aromatic rings. The first kappa shape index (κ1) is 20.6. The lowest BCUT2D eigenvalue weighted by Gasteiger charge is -2.27. The second-order valence-electron chi connectivity index (χ2n) is 9.03. The molecule has 0 spiro atoms. The Bertz CT molecular complexity index is 1030. The summed E-state index contributed by atoms with van der Waals surface area (Å²) in [6.07, 6.45) is 8.16. The largest absolute Gasteiger partial charge is 0.386 e. The van der Waals surface area contributed by atoms with Crippen LogP contribution in [0.2, 0.25) is 0 Å². The molecule has 5 nitrogen and oxygen atoms in total. The molecule has 5 heteroatoms. The van der Waals surface area contributed by atoms with Crippen molar-refractivity contribution < 1.29 is 9.90 Å². The Morgan fingerprint density at radius 3 is 2.50 bits per heavy atom. The number of nitrogens with zero attached hydrogens (tertiary/aromatic N) is 2. The molecule has 1 aliphatic rings. The first-order chi connectivity index (χ1) is 14.3. The van der Waals surface area contributed by atoms with Crippen molar-refractivity contribution in [3.8, 4) is 0 Å². The third-order valence-corrected chi connectivity index (χ3v) is 6.37. The van der Waals surface area contributed by atoms with E-state index in [9.17, 15) is 9.90 Å². The van der Waals surface area contributed by atoms with Crippen LogP contribution in [0.4, 0.5) is 5.69 Å². The highest BCUT2D eigenvalue weighted by atomic mass is 16.3. The maximum absolute atomic E-state index is 12.7. The molecular formula is C25H31N3O2. The Morgan fingerprint density at radius 1 is 1.17 bits per heavy atom. The molecule has 0 bridgehead atoms. The van der Waals surface area contributed by atoms with Crippen molar-refractivity contribution in [1.29, 1.82) is 0 Å². The fourth-order valence-corrected chi connectivity index (χ4v) is 4.49. The second-order valence-corrected chi connectivity index (χ2v) is 9.03. The van der Waals surface area contributed by atoms with E-state index in [-0.39, 0.29) is 5.91 Å². The van der Waals surface area contributed by atoms with Crippen molar-refractivity contribution in [1.82, 2.24) is 9.78 Å². The zero-order chi connectivity index (χ0) is 21.3. The number of carbonyl (C=O) groups excluding carboxylic acids is 1. The summed E-state index contributed by atoms with van der Waals surface area (Å²) in [5, 5.41) is 19.5. The van der Waals surface area contributed by atoms with Crippen molar-refractivity contribution in [2.75, 3.05) is 5.32 Å². The van der Waals surface area contributed by atoms with E-state index in [4.69, 9.17) is 5.10 Å². The van der Waals surface area contributed by atoms with E-state index < -0.39 is 5.60 Å². The lowest BCUT2D eigenvalue weighted by Crippen LogP contribution is -2.21. The van der Waals surface area contributed by atoms with Gasteiger partial charge in [0.05, 0.1) is 17.2 Å². The third-order valence-electron chi connectivity index (χ3n) is 6.37. The summed E-state index contributed by atoms with van der Waals surface area (Å²) in [6, 6.07) is 13.4. The van der Waals surface area contributed by atoms with Crippen LogP contribution >= 0.6 is 0 Å². The summed E-state index contributed by atoms with van der Waals surface area (Å²) in [5.41, 5.74) is 1.62. The van der Waals surface area contributed by atoms with Gasteiger partial charge in [-0.25, -0.2) is 0 Å². The van der Waals surface area contributed by atoms with Gasteiger partial charge in [0.2, 0.25) is 0 Å². The Balaban J connectivity index is 1.66. The molecule has 2 N–H and O–H groups in total. The molecular weight excluding hydrogens is 374 g/mol. The average molecular weight is 406 g/mol. The number of fused-ring (bicyclic) bond motifs is 1. The molecule has 0 saturated heterocycles. The number of aromatic nitrogens is 2. The van der Waals surface area contributed by atoms with Crippen LogP contribution in [0.15, 0.2) is 48.7 Å². The van der Waals surface area contributed by atoms with Gasteiger partial charge in [0.25, 0.3) is 5.91 Å². The molecule has 0 aliphatic heterocycles. The molecule has 30 heavy (non-hydrogen) atoms. The number of amides is 1. The molecule has 4 rings (SSSR count). The molecule has 1 heterocycles. The van der Waals surface area contributed by atoms with Crippen LogP contribution in [-0.4, -0.2) is 20.8 Å². The molecule has 2 aromatic carbocycles. The smallest absolute Gasteiger partial charge is 0.255 e. The van der Waals surface area contributed by atoms with E-state index >= 15 is 0 Å². The van der Waals surface area contributed by atoms with Gasteiger partial charge in [-0.1, -0.05) is 31.5 Å². The monoisotopic (exact) mass is 405 g/mol. The number of rotatable bonds is 5. The van der Waals surface area contributed by atoms with Gasteiger partial charge in [-0.05, 0) is 69.7 Å². The van der Waals surface area contributed by atoms with Gasteiger partial charge < -0.3 is 10.4 Å². The van der Waals surface area contributed by atoms with Gasteiger partial charge >= 0.3 is 0 Å². The van der Waals surface area contributed by atoms with Gasteiger partial charge in [0.15, 0.2) is 0 Å². The van der Waals surface area contributed by atoms with Gasteiger partial charge in [-0.3, -0.25) is 9.48 Å². The summed E-state index contributed by atoms with van der Waals surface area (Å²) in [5.74, 6) is 0.651.